The van der Waals surface area contributed by atoms with E-state index in [0.717, 1.165) is 28.3 Å². The molecular formula is C13H11ClN. The van der Waals surface area contributed by atoms with Crippen LogP contribution in [0.15, 0.2) is 36.5 Å². The van der Waals surface area contributed by atoms with E-state index in [0.29, 0.717) is 0 Å². The summed E-state index contributed by atoms with van der Waals surface area (Å²) in [4.78, 5) is 4.31. The minimum atomic E-state index is 0.751. The topological polar surface area (TPSA) is 12.9 Å². The Labute approximate surface area is 94.7 Å². The van der Waals surface area contributed by atoms with Gasteiger partial charge in [0, 0.05) is 28.5 Å². The number of hydrogen-bond donors (Lipinski definition) is 0. The lowest BCUT2D eigenvalue weighted by Crippen LogP contribution is -1.87. The molecular weight excluding hydrogens is 206 g/mol. The van der Waals surface area contributed by atoms with Crippen LogP contribution in [0.25, 0.3) is 11.1 Å². The maximum Gasteiger partial charge on any atom is 0.0480 e. The molecule has 1 radical (unpaired) electrons. The molecule has 75 valence electrons. The molecule has 2 heteroatoms. The van der Waals surface area contributed by atoms with E-state index in [9.17, 15) is 0 Å². The molecule has 0 aliphatic rings. The van der Waals surface area contributed by atoms with Gasteiger partial charge < -0.3 is 0 Å². The molecule has 0 spiro atoms. The Kier molecular flexibility index (Phi) is 3.02. The van der Waals surface area contributed by atoms with E-state index in [-0.39, 0.29) is 0 Å². The number of nitrogens with zero attached hydrogens (tertiary/aromatic N) is 1. The van der Waals surface area contributed by atoms with Gasteiger partial charge in [-0.1, -0.05) is 30.7 Å². The summed E-state index contributed by atoms with van der Waals surface area (Å²) in [6.45, 7) is 2.07. The maximum absolute atomic E-state index is 5.82. The van der Waals surface area contributed by atoms with Crippen molar-refractivity contribution in [1.29, 1.82) is 0 Å². The normalized spacial score (nSPS) is 10.3. The first kappa shape index (κ1) is 10.2. The fourth-order valence-corrected chi connectivity index (χ4v) is 1.50. The van der Waals surface area contributed by atoms with Crippen molar-refractivity contribution in [2.24, 2.45) is 0 Å². The van der Waals surface area contributed by atoms with E-state index in [1.165, 1.54) is 0 Å². The van der Waals surface area contributed by atoms with Crippen LogP contribution in [0.1, 0.15) is 12.6 Å². The smallest absolute Gasteiger partial charge is 0.0480 e. The minimum Gasteiger partial charge on any atom is -0.260 e. The van der Waals surface area contributed by atoms with Gasteiger partial charge in [0.1, 0.15) is 0 Å². The Morgan fingerprint density at radius 3 is 2.47 bits per heavy atom. The van der Waals surface area contributed by atoms with Gasteiger partial charge in [-0.05, 0) is 30.2 Å². The van der Waals surface area contributed by atoms with Crippen LogP contribution in [0.4, 0.5) is 0 Å². The van der Waals surface area contributed by atoms with Crippen LogP contribution in [-0.2, 0) is 6.42 Å². The SMILES string of the molecule is CCc1[c]cc(-c2ccc(Cl)cc2)cn1. The molecule has 15 heavy (non-hydrogen) atoms. The second-order valence-electron chi connectivity index (χ2n) is 3.31. The van der Waals surface area contributed by atoms with Crippen molar-refractivity contribution in [3.8, 4) is 11.1 Å². The minimum absolute atomic E-state index is 0.751. The van der Waals surface area contributed by atoms with Gasteiger partial charge in [-0.3, -0.25) is 4.98 Å². The van der Waals surface area contributed by atoms with Crippen molar-refractivity contribution in [1.82, 2.24) is 4.98 Å². The summed E-state index contributed by atoms with van der Waals surface area (Å²) in [5, 5.41) is 0.751. The third-order valence-electron chi connectivity index (χ3n) is 2.27. The van der Waals surface area contributed by atoms with Crippen LogP contribution < -0.4 is 0 Å². The van der Waals surface area contributed by atoms with Crippen molar-refractivity contribution in [2.45, 2.75) is 13.3 Å². The van der Waals surface area contributed by atoms with Crippen LogP contribution in [0.2, 0.25) is 5.02 Å². The van der Waals surface area contributed by atoms with Gasteiger partial charge in [0.05, 0.1) is 0 Å². The van der Waals surface area contributed by atoms with Crippen LogP contribution in [-0.4, -0.2) is 4.98 Å². The predicted molar refractivity (Wildman–Crippen MR) is 62.9 cm³/mol. The number of halogens is 1. The highest BCUT2D eigenvalue weighted by Gasteiger charge is 1.98. The van der Waals surface area contributed by atoms with E-state index in [1.54, 1.807) is 0 Å². The Hall–Kier alpha value is -1.34. The van der Waals surface area contributed by atoms with Crippen molar-refractivity contribution >= 4 is 11.6 Å². The Morgan fingerprint density at radius 2 is 1.93 bits per heavy atom. The van der Waals surface area contributed by atoms with Gasteiger partial charge in [0.15, 0.2) is 0 Å². The fourth-order valence-electron chi connectivity index (χ4n) is 1.38. The number of hydrogen-bond acceptors (Lipinski definition) is 1. The molecule has 0 fully saturated rings. The Bertz CT molecular complexity index is 431. The molecule has 0 bridgehead atoms. The quantitative estimate of drug-likeness (QED) is 0.745. The number of rotatable bonds is 2. The highest BCUT2D eigenvalue weighted by Crippen LogP contribution is 2.20. The molecule has 2 aromatic rings. The largest absolute Gasteiger partial charge is 0.260 e. The molecule has 0 saturated carbocycles. The van der Waals surface area contributed by atoms with Gasteiger partial charge in [0.25, 0.3) is 0 Å². The van der Waals surface area contributed by atoms with E-state index in [1.807, 2.05) is 36.5 Å². The average molecular weight is 217 g/mol. The maximum atomic E-state index is 5.82. The first-order valence-electron chi connectivity index (χ1n) is 4.92. The molecule has 0 saturated heterocycles. The monoisotopic (exact) mass is 216 g/mol. The van der Waals surface area contributed by atoms with Gasteiger partial charge in [-0.25, -0.2) is 0 Å². The number of aromatic nitrogens is 1. The fraction of sp³-hybridized carbons (Fsp3) is 0.154. The molecule has 0 amide bonds. The third kappa shape index (κ3) is 2.37. The predicted octanol–water partition coefficient (Wildman–Crippen LogP) is 3.76. The second kappa shape index (κ2) is 4.45. The highest BCUT2D eigenvalue weighted by atomic mass is 35.5. The molecule has 0 atom stereocenters. The summed E-state index contributed by atoms with van der Waals surface area (Å²) < 4.78 is 0. The molecule has 0 unspecified atom stereocenters. The third-order valence-corrected chi connectivity index (χ3v) is 2.52. The highest BCUT2D eigenvalue weighted by molar-refractivity contribution is 6.30. The zero-order chi connectivity index (χ0) is 10.7. The molecule has 1 nitrogen and oxygen atoms in total. The van der Waals surface area contributed by atoms with Crippen LogP contribution in [0.3, 0.4) is 0 Å². The first-order valence-corrected chi connectivity index (χ1v) is 5.30. The van der Waals surface area contributed by atoms with Crippen LogP contribution in [0.5, 0.6) is 0 Å². The lowest BCUT2D eigenvalue weighted by atomic mass is 10.1. The average Bonchev–Trinajstić information content (AvgIpc) is 2.30. The molecule has 2 rings (SSSR count). The molecule has 1 heterocycles. The van der Waals surface area contributed by atoms with E-state index < -0.39 is 0 Å². The van der Waals surface area contributed by atoms with E-state index in [4.69, 9.17) is 11.6 Å². The summed E-state index contributed by atoms with van der Waals surface area (Å²) in [5.41, 5.74) is 3.18. The van der Waals surface area contributed by atoms with Crippen molar-refractivity contribution < 1.29 is 0 Å². The van der Waals surface area contributed by atoms with Crippen LogP contribution in [0, 0.1) is 6.07 Å². The Morgan fingerprint density at radius 1 is 1.20 bits per heavy atom. The van der Waals surface area contributed by atoms with Gasteiger partial charge in [0.2, 0.25) is 0 Å². The molecule has 0 aliphatic heterocycles. The molecule has 1 aromatic heterocycles. The lowest BCUT2D eigenvalue weighted by molar-refractivity contribution is 1.03. The summed E-state index contributed by atoms with van der Waals surface area (Å²) in [5.74, 6) is 0. The zero-order valence-electron chi connectivity index (χ0n) is 8.50. The lowest BCUT2D eigenvalue weighted by Gasteiger charge is -2.01. The van der Waals surface area contributed by atoms with Gasteiger partial charge in [-0.15, -0.1) is 0 Å². The molecule has 0 aliphatic carbocycles. The number of aryl methyl sites for hydroxylation is 1. The number of pyridine rings is 1. The zero-order valence-corrected chi connectivity index (χ0v) is 9.25. The van der Waals surface area contributed by atoms with E-state index >= 15 is 0 Å². The van der Waals surface area contributed by atoms with Gasteiger partial charge >= 0.3 is 0 Å². The Balaban J connectivity index is 2.33. The van der Waals surface area contributed by atoms with Crippen molar-refractivity contribution in [2.75, 3.05) is 0 Å². The van der Waals surface area contributed by atoms with Crippen LogP contribution >= 0.6 is 11.6 Å². The summed E-state index contributed by atoms with van der Waals surface area (Å²) >= 11 is 5.82. The summed E-state index contributed by atoms with van der Waals surface area (Å²) in [7, 11) is 0. The first-order chi connectivity index (χ1) is 7.29. The van der Waals surface area contributed by atoms with Gasteiger partial charge in [-0.2, -0.15) is 0 Å². The molecule has 1 aromatic carbocycles. The molecule has 0 N–H and O–H groups in total. The standard InChI is InChI=1S/C13H11ClN/c1-2-13-8-5-11(9-15-13)10-3-6-12(14)7-4-10/h3-7,9H,2H2,1H3. The summed E-state index contributed by atoms with van der Waals surface area (Å²) in [6.07, 6.45) is 2.79. The second-order valence-corrected chi connectivity index (χ2v) is 3.75. The number of benzene rings is 1. The summed E-state index contributed by atoms with van der Waals surface area (Å²) in [6, 6.07) is 12.9. The van der Waals surface area contributed by atoms with Crippen molar-refractivity contribution in [3.63, 3.8) is 0 Å². The van der Waals surface area contributed by atoms with E-state index in [2.05, 4.69) is 18.0 Å². The van der Waals surface area contributed by atoms with Crippen molar-refractivity contribution in [3.05, 3.63) is 53.3 Å².